The van der Waals surface area contributed by atoms with Crippen molar-refractivity contribution in [3.8, 4) is 45.9 Å². The molecule has 6 aromatic heterocycles. The molecule has 0 unspecified atom stereocenters. The lowest BCUT2D eigenvalue weighted by Gasteiger charge is -2.10. The third-order valence-electron chi connectivity index (χ3n) is 14.4. The molecule has 0 fully saturated rings. The number of aromatic nitrogens is 8. The number of aromatic amines is 4. The van der Waals surface area contributed by atoms with Crippen molar-refractivity contribution < 1.29 is 0 Å². The van der Waals surface area contributed by atoms with E-state index in [0.29, 0.717) is 0 Å². The first-order valence-corrected chi connectivity index (χ1v) is 25.8. The zero-order chi connectivity index (χ0) is 51.5. The molecule has 8 heteroatoms. The molecule has 362 valence electrons. The zero-order valence-electron chi connectivity index (χ0n) is 41.7. The minimum absolute atomic E-state index is 0.872. The largest absolute Gasteiger partial charge is 0.355 e. The molecule has 4 aliphatic heterocycles. The Morgan fingerprint density at radius 1 is 0.269 bits per heavy atom. The van der Waals surface area contributed by atoms with Gasteiger partial charge in [0.25, 0.3) is 0 Å². The smallest absolute Gasteiger partial charge is 0.0736 e. The van der Waals surface area contributed by atoms with Gasteiger partial charge in [-0.2, -0.15) is 0 Å². The van der Waals surface area contributed by atoms with E-state index in [9.17, 15) is 0 Å². The van der Waals surface area contributed by atoms with E-state index >= 15 is 0 Å². The molecule has 4 aliphatic rings. The van der Waals surface area contributed by atoms with Gasteiger partial charge in [0.2, 0.25) is 0 Å². The van der Waals surface area contributed by atoms with Gasteiger partial charge in [0.15, 0.2) is 0 Å². The lowest BCUT2D eigenvalue weighted by atomic mass is 9.91. The molecule has 5 aromatic carbocycles. The number of benzene rings is 5. The Kier molecular flexibility index (Phi) is 10.5. The van der Waals surface area contributed by atoms with E-state index in [2.05, 4.69) is 250 Å². The van der Waals surface area contributed by atoms with Crippen LogP contribution >= 0.6 is 0 Å². The van der Waals surface area contributed by atoms with Crippen LogP contribution in [-0.2, 0) is 0 Å². The van der Waals surface area contributed by atoms with Crippen molar-refractivity contribution in [2.24, 2.45) is 0 Å². The summed E-state index contributed by atoms with van der Waals surface area (Å²) in [5, 5.41) is 4.22. The number of fused-ring (bicyclic) bond motifs is 18. The van der Waals surface area contributed by atoms with E-state index in [4.69, 9.17) is 19.9 Å². The number of rotatable bonds is 2. The Bertz CT molecular complexity index is 4600. The van der Waals surface area contributed by atoms with E-state index in [1.807, 2.05) is 24.3 Å². The van der Waals surface area contributed by atoms with Crippen LogP contribution in [0.15, 0.2) is 182 Å². The van der Waals surface area contributed by atoms with Crippen LogP contribution < -0.4 is 0 Å². The zero-order valence-corrected chi connectivity index (χ0v) is 41.7. The van der Waals surface area contributed by atoms with Crippen molar-refractivity contribution in [2.75, 3.05) is 0 Å². The Morgan fingerprint density at radius 3 is 0.936 bits per heavy atom. The topological polar surface area (TPSA) is 115 Å². The first kappa shape index (κ1) is 44.4. The van der Waals surface area contributed by atoms with Gasteiger partial charge in [-0.05, 0) is 190 Å². The Balaban J connectivity index is 0.778. The van der Waals surface area contributed by atoms with Gasteiger partial charge < -0.3 is 19.9 Å². The van der Waals surface area contributed by atoms with Gasteiger partial charge in [-0.1, -0.05) is 96.5 Å². The van der Waals surface area contributed by atoms with Gasteiger partial charge >= 0.3 is 0 Å². The summed E-state index contributed by atoms with van der Waals surface area (Å²) in [7, 11) is 0. The monoisotopic (exact) mass is 994 g/mol. The maximum atomic E-state index is 5.11. The minimum atomic E-state index is 0.872. The molecule has 0 saturated carbocycles. The standard InChI is InChI=1S/C70H42N8/c1-2-6-60-59(5-1)63(31-13-43-9-15-45(16-10-43)69-65-33-27-55(75-65)39-51-23-19-47(71-51)37-48-20-24-52(72-48)40-56-28-34-66(69)76-56)61-7-3-4-8-62(61)64(60)32-14-44-11-17-46(18-12-44)70-67-35-29-57(77-67)41-53-25-21-49(73-53)38-50-22-26-54(74-50)42-58-30-36-68(70)78-58/h1-12,15-30,33-42,71,73,76,78H. The fraction of sp³-hybridized carbons (Fsp3) is 0. The van der Waals surface area contributed by atoms with Crippen molar-refractivity contribution in [1.82, 2.24) is 39.9 Å². The molecule has 15 rings (SSSR count). The van der Waals surface area contributed by atoms with Crippen LogP contribution in [-0.4, -0.2) is 39.9 Å². The van der Waals surface area contributed by atoms with E-state index in [-0.39, 0.29) is 0 Å². The molecule has 0 amide bonds. The summed E-state index contributed by atoms with van der Waals surface area (Å²) >= 11 is 0. The maximum Gasteiger partial charge on any atom is 0.0736 e. The number of nitrogens with zero attached hydrogens (tertiary/aromatic N) is 4. The average Bonchev–Trinajstić information content (AvgIpc) is 4.37. The summed E-state index contributed by atoms with van der Waals surface area (Å²) < 4.78 is 0. The highest BCUT2D eigenvalue weighted by molar-refractivity contribution is 6.10. The minimum Gasteiger partial charge on any atom is -0.355 e. The summed E-state index contributed by atoms with van der Waals surface area (Å²) in [5.41, 5.74) is 22.6. The van der Waals surface area contributed by atoms with Crippen LogP contribution in [0, 0.1) is 23.7 Å². The summed E-state index contributed by atoms with van der Waals surface area (Å²) in [5.74, 6) is 14.3. The van der Waals surface area contributed by atoms with Crippen molar-refractivity contribution in [3.63, 3.8) is 0 Å². The summed E-state index contributed by atoms with van der Waals surface area (Å²) in [6, 6.07) is 62.9. The normalized spacial score (nSPS) is 12.2. The van der Waals surface area contributed by atoms with Gasteiger partial charge in [-0.15, -0.1) is 0 Å². The third-order valence-corrected chi connectivity index (χ3v) is 14.4. The highest BCUT2D eigenvalue weighted by Gasteiger charge is 2.15. The van der Waals surface area contributed by atoms with Gasteiger partial charge in [-0.3, -0.25) is 0 Å². The molecule has 78 heavy (non-hydrogen) atoms. The second-order valence-corrected chi connectivity index (χ2v) is 19.6. The molecule has 0 spiro atoms. The van der Waals surface area contributed by atoms with E-state index in [1.54, 1.807) is 0 Å². The average molecular weight is 995 g/mol. The van der Waals surface area contributed by atoms with Crippen LogP contribution in [0.1, 0.15) is 67.8 Å². The van der Waals surface area contributed by atoms with Crippen LogP contribution in [0.2, 0.25) is 0 Å². The highest BCUT2D eigenvalue weighted by atomic mass is 14.8. The second kappa shape index (κ2) is 18.4. The van der Waals surface area contributed by atoms with Crippen molar-refractivity contribution in [2.45, 2.75) is 0 Å². The van der Waals surface area contributed by atoms with Gasteiger partial charge in [0.1, 0.15) is 0 Å². The predicted octanol–water partition coefficient (Wildman–Crippen LogP) is 16.1. The molecule has 0 radical (unpaired) electrons. The van der Waals surface area contributed by atoms with Crippen molar-refractivity contribution in [1.29, 1.82) is 0 Å². The molecule has 0 atom stereocenters. The van der Waals surface area contributed by atoms with Crippen LogP contribution in [0.25, 0.3) is 137 Å². The van der Waals surface area contributed by atoms with E-state index < -0.39 is 0 Å². The molecule has 16 bridgehead atoms. The summed E-state index contributed by atoms with van der Waals surface area (Å²) in [6.45, 7) is 0. The highest BCUT2D eigenvalue weighted by Crippen LogP contribution is 2.35. The molecule has 11 aromatic rings. The second-order valence-electron chi connectivity index (χ2n) is 19.6. The van der Waals surface area contributed by atoms with Gasteiger partial charge in [0.05, 0.1) is 45.6 Å². The SMILES string of the molecule is C(#Cc1c2ccccc2c(C#Cc2ccc(-c3c4nc(cc5ccc(cc6nc(cc7ccc3[nH]7)C=C6)[nH]5)C=C4)cc2)c2ccccc12)c1ccc(-c2c3nc(cc4ccc(cc5nc(cc6ccc2[nH]6)C=C5)[nH]4)C=C3)cc1. The predicted molar refractivity (Wildman–Crippen MR) is 322 cm³/mol. The van der Waals surface area contributed by atoms with Gasteiger partial charge in [-0.25, -0.2) is 19.9 Å². The quantitative estimate of drug-likeness (QED) is 0.102. The molecule has 4 N–H and O–H groups in total. The number of hydrogen-bond donors (Lipinski definition) is 4. The number of H-pyrrole nitrogens is 4. The number of nitrogens with one attached hydrogen (secondary N) is 4. The first-order valence-electron chi connectivity index (χ1n) is 25.8. The molecule has 0 saturated heterocycles. The third kappa shape index (κ3) is 8.48. The van der Waals surface area contributed by atoms with Crippen LogP contribution in [0.3, 0.4) is 0 Å². The number of hydrogen-bond acceptors (Lipinski definition) is 4. The van der Waals surface area contributed by atoms with E-state index in [0.717, 1.165) is 156 Å². The lowest BCUT2D eigenvalue weighted by molar-refractivity contribution is 1.31. The fourth-order valence-corrected chi connectivity index (χ4v) is 10.7. The van der Waals surface area contributed by atoms with Crippen molar-refractivity contribution >= 4 is 114 Å². The molecule has 10 heterocycles. The maximum absolute atomic E-state index is 5.11. The molecular weight excluding hydrogens is 953 g/mol. The van der Waals surface area contributed by atoms with E-state index in [1.165, 1.54) is 0 Å². The van der Waals surface area contributed by atoms with Crippen LogP contribution in [0.5, 0.6) is 0 Å². The first-order chi connectivity index (χ1) is 38.5. The van der Waals surface area contributed by atoms with Crippen molar-refractivity contribution in [3.05, 3.63) is 250 Å². The molecule has 0 aliphatic carbocycles. The molecule has 8 nitrogen and oxygen atoms in total. The lowest BCUT2D eigenvalue weighted by Crippen LogP contribution is -1.91. The molecular formula is C70H42N8. The Morgan fingerprint density at radius 2 is 0.577 bits per heavy atom. The van der Waals surface area contributed by atoms with Gasteiger partial charge in [0, 0.05) is 77.5 Å². The summed E-state index contributed by atoms with van der Waals surface area (Å²) in [4.78, 5) is 34.1. The Labute approximate surface area is 447 Å². The summed E-state index contributed by atoms with van der Waals surface area (Å²) in [6.07, 6.45) is 16.4. The van der Waals surface area contributed by atoms with Crippen LogP contribution in [0.4, 0.5) is 0 Å². The fourth-order valence-electron chi connectivity index (χ4n) is 10.7. The Hall–Kier alpha value is -11.1.